The zero-order chi connectivity index (χ0) is 13.1. The molecule has 0 aliphatic carbocycles. The molecule has 94 valence electrons. The van der Waals surface area contributed by atoms with E-state index < -0.39 is 24.2 Å². The summed E-state index contributed by atoms with van der Waals surface area (Å²) in [7, 11) is 0. The Balaban J connectivity index is 2.90. The van der Waals surface area contributed by atoms with Crippen molar-refractivity contribution >= 4 is 5.84 Å². The van der Waals surface area contributed by atoms with Crippen molar-refractivity contribution in [3.8, 4) is 5.75 Å². The molecule has 0 saturated carbocycles. The minimum absolute atomic E-state index is 0.231. The molecular formula is C9H8F4N2O2. The number of nitrogens with zero attached hydrogens (tertiary/aromatic N) is 1. The molecule has 17 heavy (non-hydrogen) atoms. The molecular weight excluding hydrogens is 244 g/mol. The zero-order valence-corrected chi connectivity index (χ0v) is 8.33. The monoisotopic (exact) mass is 252 g/mol. The van der Waals surface area contributed by atoms with E-state index in [-0.39, 0.29) is 11.6 Å². The summed E-state index contributed by atoms with van der Waals surface area (Å²) in [5.41, 5.74) is 3.62. The van der Waals surface area contributed by atoms with E-state index >= 15 is 0 Å². The third-order valence-electron chi connectivity index (χ3n) is 1.76. The van der Waals surface area contributed by atoms with Gasteiger partial charge in [-0.3, -0.25) is 0 Å². The first-order valence-electron chi connectivity index (χ1n) is 4.30. The summed E-state index contributed by atoms with van der Waals surface area (Å²) in [6.45, 7) is -0.403. The maximum Gasteiger partial charge on any atom is 0.419 e. The largest absolute Gasteiger partial charge is 0.486 e. The quantitative estimate of drug-likeness (QED) is 0.284. The number of hydrogen-bond donors (Lipinski definition) is 2. The van der Waals surface area contributed by atoms with Crippen LogP contribution >= 0.6 is 0 Å². The number of amidine groups is 1. The van der Waals surface area contributed by atoms with Gasteiger partial charge in [-0.1, -0.05) is 5.16 Å². The molecule has 0 radical (unpaired) electrons. The van der Waals surface area contributed by atoms with Gasteiger partial charge in [-0.2, -0.15) is 13.2 Å². The predicted molar refractivity (Wildman–Crippen MR) is 50.3 cm³/mol. The summed E-state index contributed by atoms with van der Waals surface area (Å²) in [6.07, 6.45) is -4.81. The van der Waals surface area contributed by atoms with Crippen LogP contribution in [0.4, 0.5) is 17.6 Å². The summed E-state index contributed by atoms with van der Waals surface area (Å²) in [5.74, 6) is -1.94. The van der Waals surface area contributed by atoms with E-state index in [1.165, 1.54) is 0 Å². The van der Waals surface area contributed by atoms with Gasteiger partial charge in [0.1, 0.15) is 18.2 Å². The Morgan fingerprint density at radius 2 is 2.06 bits per heavy atom. The van der Waals surface area contributed by atoms with Crippen LogP contribution in [0.25, 0.3) is 0 Å². The summed E-state index contributed by atoms with van der Waals surface area (Å²) < 4.78 is 54.6. The van der Waals surface area contributed by atoms with Crippen LogP contribution in [0.2, 0.25) is 0 Å². The highest BCUT2D eigenvalue weighted by Gasteiger charge is 2.34. The molecule has 0 amide bonds. The number of oxime groups is 1. The Morgan fingerprint density at radius 3 is 2.59 bits per heavy atom. The lowest BCUT2D eigenvalue weighted by Gasteiger charge is -2.10. The maximum absolute atomic E-state index is 12.9. The SMILES string of the molecule is N/C(COc1ccc(F)c(C(F)(F)F)c1)=N/O. The van der Waals surface area contributed by atoms with E-state index in [2.05, 4.69) is 5.16 Å². The first kappa shape index (κ1) is 13.1. The Hall–Kier alpha value is -1.99. The Bertz CT molecular complexity index is 431. The molecule has 0 aliphatic rings. The number of ether oxygens (including phenoxy) is 1. The molecule has 0 aliphatic heterocycles. The average molecular weight is 252 g/mol. The third-order valence-corrected chi connectivity index (χ3v) is 1.76. The fourth-order valence-corrected chi connectivity index (χ4v) is 0.998. The predicted octanol–water partition coefficient (Wildman–Crippen LogP) is 1.97. The van der Waals surface area contributed by atoms with Gasteiger partial charge in [-0.15, -0.1) is 0 Å². The molecule has 3 N–H and O–H groups in total. The highest BCUT2D eigenvalue weighted by Crippen LogP contribution is 2.33. The summed E-state index contributed by atoms with van der Waals surface area (Å²) >= 11 is 0. The summed E-state index contributed by atoms with van der Waals surface area (Å²) in [6, 6.07) is 2.14. The van der Waals surface area contributed by atoms with E-state index in [1.807, 2.05) is 0 Å². The first-order valence-corrected chi connectivity index (χ1v) is 4.30. The van der Waals surface area contributed by atoms with Gasteiger partial charge < -0.3 is 15.7 Å². The number of rotatable bonds is 3. The highest BCUT2D eigenvalue weighted by molar-refractivity contribution is 5.81. The molecule has 0 heterocycles. The highest BCUT2D eigenvalue weighted by atomic mass is 19.4. The van der Waals surface area contributed by atoms with Gasteiger partial charge in [0, 0.05) is 0 Å². The number of halogens is 4. The fraction of sp³-hybridized carbons (Fsp3) is 0.222. The van der Waals surface area contributed by atoms with Crippen molar-refractivity contribution in [2.75, 3.05) is 6.61 Å². The molecule has 0 spiro atoms. The van der Waals surface area contributed by atoms with Crippen LogP contribution in [0.15, 0.2) is 23.4 Å². The number of hydrogen-bond acceptors (Lipinski definition) is 3. The van der Waals surface area contributed by atoms with Crippen molar-refractivity contribution < 1.29 is 27.5 Å². The lowest BCUT2D eigenvalue weighted by atomic mass is 10.2. The zero-order valence-electron chi connectivity index (χ0n) is 8.33. The molecule has 1 rings (SSSR count). The van der Waals surface area contributed by atoms with Gasteiger partial charge in [0.15, 0.2) is 5.84 Å². The number of alkyl halides is 3. The number of benzene rings is 1. The maximum atomic E-state index is 12.9. The van der Waals surface area contributed by atoms with Crippen LogP contribution in [0.3, 0.4) is 0 Å². The van der Waals surface area contributed by atoms with Crippen molar-refractivity contribution in [2.24, 2.45) is 10.9 Å². The lowest BCUT2D eigenvalue weighted by Crippen LogP contribution is -2.21. The second-order valence-corrected chi connectivity index (χ2v) is 3.02. The van der Waals surface area contributed by atoms with Crippen LogP contribution in [0.1, 0.15) is 5.56 Å². The fourth-order valence-electron chi connectivity index (χ4n) is 0.998. The topological polar surface area (TPSA) is 67.8 Å². The van der Waals surface area contributed by atoms with Crippen molar-refractivity contribution in [2.45, 2.75) is 6.18 Å². The van der Waals surface area contributed by atoms with E-state index in [0.29, 0.717) is 12.1 Å². The van der Waals surface area contributed by atoms with E-state index in [1.54, 1.807) is 0 Å². The van der Waals surface area contributed by atoms with Gasteiger partial charge >= 0.3 is 6.18 Å². The van der Waals surface area contributed by atoms with Crippen LogP contribution in [0, 0.1) is 5.82 Å². The summed E-state index contributed by atoms with van der Waals surface area (Å²) in [4.78, 5) is 0. The van der Waals surface area contributed by atoms with Crippen LogP contribution < -0.4 is 10.5 Å². The molecule has 0 fully saturated rings. The van der Waals surface area contributed by atoms with Crippen molar-refractivity contribution in [3.63, 3.8) is 0 Å². The Morgan fingerprint density at radius 1 is 1.41 bits per heavy atom. The number of nitrogens with two attached hydrogens (primary N) is 1. The second kappa shape index (κ2) is 4.89. The lowest BCUT2D eigenvalue weighted by molar-refractivity contribution is -0.140. The normalized spacial score (nSPS) is 12.6. The van der Waals surface area contributed by atoms with Crippen molar-refractivity contribution in [1.29, 1.82) is 0 Å². The molecule has 0 bridgehead atoms. The van der Waals surface area contributed by atoms with E-state index in [0.717, 1.165) is 6.07 Å². The van der Waals surface area contributed by atoms with Gasteiger partial charge in [-0.05, 0) is 18.2 Å². The van der Waals surface area contributed by atoms with E-state index in [4.69, 9.17) is 15.7 Å². The molecule has 1 aromatic carbocycles. The van der Waals surface area contributed by atoms with Gasteiger partial charge in [0.2, 0.25) is 0 Å². The average Bonchev–Trinajstić information content (AvgIpc) is 2.26. The minimum atomic E-state index is -4.81. The minimum Gasteiger partial charge on any atom is -0.486 e. The Kier molecular flexibility index (Phi) is 3.77. The molecule has 4 nitrogen and oxygen atoms in total. The summed E-state index contributed by atoms with van der Waals surface area (Å²) in [5, 5.41) is 10.7. The Labute approximate surface area is 93.3 Å². The standard InChI is InChI=1S/C9H8F4N2O2/c10-7-2-1-5(17-4-8(14)15-16)3-6(7)9(11,12)13/h1-3,16H,4H2,(H2,14,15). The first-order chi connectivity index (χ1) is 7.84. The third kappa shape index (κ3) is 3.51. The van der Waals surface area contributed by atoms with Gasteiger partial charge in [-0.25, -0.2) is 4.39 Å². The molecule has 1 aromatic rings. The van der Waals surface area contributed by atoms with Crippen LogP contribution in [0.5, 0.6) is 5.75 Å². The van der Waals surface area contributed by atoms with Gasteiger partial charge in [0.25, 0.3) is 0 Å². The molecule has 0 aromatic heterocycles. The van der Waals surface area contributed by atoms with Crippen molar-refractivity contribution in [1.82, 2.24) is 0 Å². The molecule has 0 saturated heterocycles. The molecule has 8 heteroatoms. The van der Waals surface area contributed by atoms with Crippen molar-refractivity contribution in [3.05, 3.63) is 29.6 Å². The smallest absolute Gasteiger partial charge is 0.419 e. The van der Waals surface area contributed by atoms with Crippen LogP contribution in [-0.2, 0) is 6.18 Å². The molecule has 0 atom stereocenters. The second-order valence-electron chi connectivity index (χ2n) is 3.02. The van der Waals surface area contributed by atoms with E-state index in [9.17, 15) is 17.6 Å². The van der Waals surface area contributed by atoms with Gasteiger partial charge in [0.05, 0.1) is 5.56 Å². The van der Waals surface area contributed by atoms with Crippen LogP contribution in [-0.4, -0.2) is 17.6 Å². The molecule has 0 unspecified atom stereocenters.